The number of amides is 2. The average Bonchev–Trinajstić information content (AvgIpc) is 2.66. The summed E-state index contributed by atoms with van der Waals surface area (Å²) < 4.78 is 0. The van der Waals surface area contributed by atoms with Gasteiger partial charge in [0, 0.05) is 27.5 Å². The summed E-state index contributed by atoms with van der Waals surface area (Å²) in [5, 5.41) is 6.21. The average molecular weight is 365 g/mol. The van der Waals surface area contributed by atoms with Crippen LogP contribution in [0.4, 0.5) is 11.4 Å². The Morgan fingerprint density at radius 1 is 0.769 bits per heavy atom. The number of hydrogen-bond donors (Lipinski definition) is 2. The number of hydrogen-bond acceptors (Lipinski definition) is 2. The Hall–Kier alpha value is -3.11. The number of carbonyl (C=O) groups excluding carboxylic acids is 2. The topological polar surface area (TPSA) is 58.2 Å². The van der Waals surface area contributed by atoms with Crippen molar-refractivity contribution in [1.82, 2.24) is 0 Å². The van der Waals surface area contributed by atoms with Crippen molar-refractivity contribution in [1.29, 1.82) is 0 Å². The molecule has 0 aliphatic carbocycles. The smallest absolute Gasteiger partial charge is 0.255 e. The van der Waals surface area contributed by atoms with Crippen LogP contribution >= 0.6 is 11.6 Å². The van der Waals surface area contributed by atoms with E-state index in [-0.39, 0.29) is 11.8 Å². The Morgan fingerprint density at radius 3 is 2.08 bits per heavy atom. The predicted octanol–water partition coefficient (Wildman–Crippen LogP) is 5.15. The summed E-state index contributed by atoms with van der Waals surface area (Å²) in [6.07, 6.45) is 0. The van der Waals surface area contributed by atoms with Gasteiger partial charge in [-0.05, 0) is 55.0 Å². The van der Waals surface area contributed by atoms with Crippen molar-refractivity contribution in [2.24, 2.45) is 0 Å². The molecule has 26 heavy (non-hydrogen) atoms. The highest BCUT2D eigenvalue weighted by Gasteiger charge is 2.12. The van der Waals surface area contributed by atoms with Gasteiger partial charge in [0.2, 0.25) is 0 Å². The van der Waals surface area contributed by atoms with E-state index in [1.165, 1.54) is 0 Å². The van der Waals surface area contributed by atoms with Gasteiger partial charge in [-0.2, -0.15) is 0 Å². The summed E-state index contributed by atoms with van der Waals surface area (Å²) in [6.45, 7) is 1.83. The third-order valence-electron chi connectivity index (χ3n) is 3.93. The van der Waals surface area contributed by atoms with Gasteiger partial charge in [-0.25, -0.2) is 0 Å². The molecule has 0 saturated carbocycles. The fourth-order valence-electron chi connectivity index (χ4n) is 2.46. The van der Waals surface area contributed by atoms with Crippen molar-refractivity contribution in [3.8, 4) is 0 Å². The molecule has 3 rings (SSSR count). The summed E-state index contributed by atoms with van der Waals surface area (Å²) >= 11 is 6.08. The molecule has 0 atom stereocenters. The molecule has 5 heteroatoms. The first-order valence-corrected chi connectivity index (χ1v) is 8.45. The lowest BCUT2D eigenvalue weighted by atomic mass is 10.1. The van der Waals surface area contributed by atoms with Gasteiger partial charge in [-0.1, -0.05) is 41.9 Å². The van der Waals surface area contributed by atoms with Gasteiger partial charge in [0.25, 0.3) is 11.8 Å². The third-order valence-corrected chi connectivity index (χ3v) is 4.34. The minimum atomic E-state index is -0.301. The van der Waals surface area contributed by atoms with E-state index in [2.05, 4.69) is 10.6 Å². The minimum absolute atomic E-state index is 0.273. The first kappa shape index (κ1) is 17.7. The third kappa shape index (κ3) is 4.10. The summed E-state index contributed by atoms with van der Waals surface area (Å²) in [5.74, 6) is -0.575. The largest absolute Gasteiger partial charge is 0.322 e. The second kappa shape index (κ2) is 7.85. The predicted molar refractivity (Wildman–Crippen MR) is 105 cm³/mol. The lowest BCUT2D eigenvalue weighted by molar-refractivity contribution is 0.102. The van der Waals surface area contributed by atoms with Crippen molar-refractivity contribution in [2.45, 2.75) is 6.92 Å². The number of nitrogens with one attached hydrogen (secondary N) is 2. The first-order chi connectivity index (χ1) is 12.5. The van der Waals surface area contributed by atoms with Gasteiger partial charge in [0.1, 0.15) is 0 Å². The highest BCUT2D eigenvalue weighted by molar-refractivity contribution is 6.31. The second-order valence-corrected chi connectivity index (χ2v) is 6.17. The van der Waals surface area contributed by atoms with Gasteiger partial charge < -0.3 is 10.6 Å². The Morgan fingerprint density at radius 2 is 1.38 bits per heavy atom. The van der Waals surface area contributed by atoms with Crippen LogP contribution < -0.4 is 10.6 Å². The lowest BCUT2D eigenvalue weighted by Gasteiger charge is -2.10. The van der Waals surface area contributed by atoms with Crippen molar-refractivity contribution < 1.29 is 9.59 Å². The molecule has 0 fully saturated rings. The molecular weight excluding hydrogens is 348 g/mol. The van der Waals surface area contributed by atoms with Gasteiger partial charge in [0.15, 0.2) is 0 Å². The number of para-hydroxylation sites is 1. The van der Waals surface area contributed by atoms with Crippen LogP contribution in [0.15, 0.2) is 72.8 Å². The van der Waals surface area contributed by atoms with E-state index in [0.29, 0.717) is 27.5 Å². The standard InChI is InChI=1S/C21H17ClN2O2/c1-14-18(22)11-6-12-19(14)24-21(26)16-8-5-7-15(13-16)20(25)23-17-9-3-2-4-10-17/h2-13H,1H3,(H,23,25)(H,24,26). The van der Waals surface area contributed by atoms with Crippen LogP contribution in [0.25, 0.3) is 0 Å². The molecule has 0 spiro atoms. The monoisotopic (exact) mass is 364 g/mol. The van der Waals surface area contributed by atoms with E-state index < -0.39 is 0 Å². The minimum Gasteiger partial charge on any atom is -0.322 e. The number of anilines is 2. The number of halogens is 1. The van der Waals surface area contributed by atoms with E-state index in [1.54, 1.807) is 54.6 Å². The maximum atomic E-state index is 12.5. The highest BCUT2D eigenvalue weighted by atomic mass is 35.5. The van der Waals surface area contributed by atoms with Crippen molar-refractivity contribution >= 4 is 34.8 Å². The molecule has 3 aromatic rings. The maximum absolute atomic E-state index is 12.5. The van der Waals surface area contributed by atoms with Gasteiger partial charge in [0.05, 0.1) is 0 Å². The van der Waals surface area contributed by atoms with Crippen molar-refractivity contribution in [3.63, 3.8) is 0 Å². The van der Waals surface area contributed by atoms with Gasteiger partial charge in [-0.3, -0.25) is 9.59 Å². The molecular formula is C21H17ClN2O2. The zero-order chi connectivity index (χ0) is 18.5. The van der Waals surface area contributed by atoms with E-state index >= 15 is 0 Å². The molecule has 2 amide bonds. The van der Waals surface area contributed by atoms with Crippen molar-refractivity contribution in [2.75, 3.05) is 10.6 Å². The normalized spacial score (nSPS) is 10.2. The van der Waals surface area contributed by atoms with Crippen LogP contribution in [0.1, 0.15) is 26.3 Å². The number of rotatable bonds is 4. The molecule has 0 bridgehead atoms. The molecule has 0 radical (unpaired) electrons. The SMILES string of the molecule is Cc1c(Cl)cccc1NC(=O)c1cccc(C(=O)Nc2ccccc2)c1. The number of carbonyl (C=O) groups is 2. The molecule has 0 heterocycles. The molecule has 4 nitrogen and oxygen atoms in total. The quantitative estimate of drug-likeness (QED) is 0.672. The Labute approximate surface area is 156 Å². The maximum Gasteiger partial charge on any atom is 0.255 e. The fourth-order valence-corrected chi connectivity index (χ4v) is 2.64. The molecule has 0 aliphatic rings. The summed E-state index contributed by atoms with van der Waals surface area (Å²) in [6, 6.07) is 21.0. The fraction of sp³-hybridized carbons (Fsp3) is 0.0476. The van der Waals surface area contributed by atoms with Crippen molar-refractivity contribution in [3.05, 3.63) is 94.5 Å². The van der Waals surface area contributed by atoms with Crippen LogP contribution in [0.3, 0.4) is 0 Å². The Balaban J connectivity index is 1.77. The van der Waals surface area contributed by atoms with Crippen LogP contribution in [0.2, 0.25) is 5.02 Å². The molecule has 0 aliphatic heterocycles. The first-order valence-electron chi connectivity index (χ1n) is 8.07. The highest BCUT2D eigenvalue weighted by Crippen LogP contribution is 2.23. The zero-order valence-electron chi connectivity index (χ0n) is 14.1. The van der Waals surface area contributed by atoms with E-state index in [9.17, 15) is 9.59 Å². The summed E-state index contributed by atoms with van der Waals surface area (Å²) in [5.41, 5.74) is 2.93. The molecule has 0 unspecified atom stereocenters. The van der Waals surface area contributed by atoms with E-state index in [0.717, 1.165) is 5.56 Å². The molecule has 130 valence electrons. The molecule has 2 N–H and O–H groups in total. The summed E-state index contributed by atoms with van der Waals surface area (Å²) in [4.78, 5) is 24.9. The lowest BCUT2D eigenvalue weighted by Crippen LogP contribution is -2.16. The Kier molecular flexibility index (Phi) is 5.34. The molecule has 3 aromatic carbocycles. The Bertz CT molecular complexity index is 955. The van der Waals surface area contributed by atoms with Crippen LogP contribution in [0.5, 0.6) is 0 Å². The van der Waals surface area contributed by atoms with Crippen LogP contribution in [-0.4, -0.2) is 11.8 Å². The zero-order valence-corrected chi connectivity index (χ0v) is 14.9. The number of benzene rings is 3. The van der Waals surface area contributed by atoms with Gasteiger partial charge >= 0.3 is 0 Å². The second-order valence-electron chi connectivity index (χ2n) is 5.77. The van der Waals surface area contributed by atoms with Gasteiger partial charge in [-0.15, -0.1) is 0 Å². The van der Waals surface area contributed by atoms with E-state index in [1.807, 2.05) is 25.1 Å². The molecule has 0 saturated heterocycles. The summed E-state index contributed by atoms with van der Waals surface area (Å²) in [7, 11) is 0. The van der Waals surface area contributed by atoms with E-state index in [4.69, 9.17) is 11.6 Å². The van der Waals surface area contributed by atoms with Crippen LogP contribution in [0, 0.1) is 6.92 Å². The molecule has 0 aromatic heterocycles. The van der Waals surface area contributed by atoms with Crippen LogP contribution in [-0.2, 0) is 0 Å².